The quantitative estimate of drug-likeness (QED) is 0.821. The molecule has 0 aliphatic heterocycles. The van der Waals surface area contributed by atoms with Crippen LogP contribution in [0.3, 0.4) is 0 Å². The second kappa shape index (κ2) is 4.99. The maximum absolute atomic E-state index is 5.87. The van der Waals surface area contributed by atoms with Gasteiger partial charge in [0, 0.05) is 18.0 Å². The van der Waals surface area contributed by atoms with E-state index >= 15 is 0 Å². The Bertz CT molecular complexity index is 491. The third kappa shape index (κ3) is 2.84. The van der Waals surface area contributed by atoms with Gasteiger partial charge < -0.3 is 10.3 Å². The molecule has 2 N–H and O–H groups in total. The maximum atomic E-state index is 5.87. The van der Waals surface area contributed by atoms with Gasteiger partial charge in [0.2, 0.25) is 5.89 Å². The van der Waals surface area contributed by atoms with E-state index < -0.39 is 0 Å². The van der Waals surface area contributed by atoms with Crippen LogP contribution in [-0.2, 0) is 12.8 Å². The number of anilines is 1. The Morgan fingerprint density at radius 1 is 1.24 bits per heavy atom. The van der Waals surface area contributed by atoms with E-state index in [-0.39, 0.29) is 0 Å². The molecule has 1 aromatic carbocycles. The number of nitrogens with two attached hydrogens (primary N) is 1. The summed E-state index contributed by atoms with van der Waals surface area (Å²) in [6.45, 7) is 4.09. The summed E-state index contributed by atoms with van der Waals surface area (Å²) in [7, 11) is 0. The largest absolute Gasteiger partial charge is 0.399 e. The first kappa shape index (κ1) is 11.6. The Hall–Kier alpha value is -1.84. The van der Waals surface area contributed by atoms with Crippen LogP contribution in [0.4, 0.5) is 5.69 Å². The minimum absolute atomic E-state index is 0.300. The predicted octanol–water partition coefficient (Wildman–Crippen LogP) is 2.56. The summed E-state index contributed by atoms with van der Waals surface area (Å²) >= 11 is 0. The molecule has 2 aromatic rings. The number of nitrogen functional groups attached to an aromatic ring is 1. The van der Waals surface area contributed by atoms with Crippen molar-refractivity contribution in [1.29, 1.82) is 0 Å². The second-order valence-corrected chi connectivity index (χ2v) is 4.40. The fourth-order valence-corrected chi connectivity index (χ4v) is 1.61. The molecule has 0 spiro atoms. The molecule has 90 valence electrons. The normalized spacial score (nSPS) is 11.0. The van der Waals surface area contributed by atoms with Gasteiger partial charge in [-0.1, -0.05) is 37.2 Å². The van der Waals surface area contributed by atoms with Crippen molar-refractivity contribution in [3.8, 4) is 0 Å². The Morgan fingerprint density at radius 3 is 2.65 bits per heavy atom. The summed E-state index contributed by atoms with van der Waals surface area (Å²) in [6.07, 6.45) is 1.56. The van der Waals surface area contributed by atoms with Gasteiger partial charge in [-0.3, -0.25) is 0 Å². The van der Waals surface area contributed by atoms with Crippen LogP contribution in [0.25, 0.3) is 0 Å². The molecule has 1 heterocycles. The fraction of sp³-hybridized carbons (Fsp3) is 0.385. The molecule has 1 aromatic heterocycles. The molecule has 0 saturated heterocycles. The SMILES string of the molecule is CC(C)c1noc(CCc2ccccc2N)n1. The summed E-state index contributed by atoms with van der Waals surface area (Å²) in [4.78, 5) is 4.34. The Balaban J connectivity index is 2.00. The summed E-state index contributed by atoms with van der Waals surface area (Å²) < 4.78 is 5.19. The first-order valence-electron chi connectivity index (χ1n) is 5.82. The molecule has 0 aliphatic carbocycles. The highest BCUT2D eigenvalue weighted by atomic mass is 16.5. The Morgan fingerprint density at radius 2 is 2.00 bits per heavy atom. The van der Waals surface area contributed by atoms with Gasteiger partial charge in [0.05, 0.1) is 0 Å². The zero-order valence-electron chi connectivity index (χ0n) is 10.2. The van der Waals surface area contributed by atoms with Crippen molar-refractivity contribution in [3.63, 3.8) is 0 Å². The first-order chi connectivity index (χ1) is 8.16. The average molecular weight is 231 g/mol. The van der Waals surface area contributed by atoms with E-state index in [1.54, 1.807) is 0 Å². The van der Waals surface area contributed by atoms with E-state index in [0.29, 0.717) is 11.8 Å². The minimum atomic E-state index is 0.300. The zero-order chi connectivity index (χ0) is 12.3. The average Bonchev–Trinajstić information content (AvgIpc) is 2.77. The standard InChI is InChI=1S/C13H17N3O/c1-9(2)13-15-12(17-16-13)8-7-10-5-3-4-6-11(10)14/h3-6,9H,7-8,14H2,1-2H3. The highest BCUT2D eigenvalue weighted by Crippen LogP contribution is 2.15. The van der Waals surface area contributed by atoms with Crippen LogP contribution in [0.15, 0.2) is 28.8 Å². The van der Waals surface area contributed by atoms with Crippen molar-refractivity contribution < 1.29 is 4.52 Å². The molecule has 0 aliphatic rings. The van der Waals surface area contributed by atoms with Gasteiger partial charge in [-0.25, -0.2) is 0 Å². The van der Waals surface area contributed by atoms with Gasteiger partial charge in [-0.05, 0) is 18.1 Å². The fourth-order valence-electron chi connectivity index (χ4n) is 1.61. The van der Waals surface area contributed by atoms with E-state index in [1.807, 2.05) is 38.1 Å². The van der Waals surface area contributed by atoms with Crippen molar-refractivity contribution in [2.45, 2.75) is 32.6 Å². The molecular formula is C13H17N3O. The number of benzene rings is 1. The zero-order valence-corrected chi connectivity index (χ0v) is 10.2. The first-order valence-corrected chi connectivity index (χ1v) is 5.82. The molecule has 0 unspecified atom stereocenters. The van der Waals surface area contributed by atoms with Gasteiger partial charge in [0.25, 0.3) is 0 Å². The van der Waals surface area contributed by atoms with Crippen molar-refractivity contribution in [2.75, 3.05) is 5.73 Å². The smallest absolute Gasteiger partial charge is 0.226 e. The van der Waals surface area contributed by atoms with Crippen LogP contribution in [-0.4, -0.2) is 10.1 Å². The molecule has 0 saturated carbocycles. The molecule has 0 amide bonds. The molecule has 4 nitrogen and oxygen atoms in total. The van der Waals surface area contributed by atoms with E-state index in [4.69, 9.17) is 10.3 Å². The summed E-state index contributed by atoms with van der Waals surface area (Å²) in [5.74, 6) is 1.74. The van der Waals surface area contributed by atoms with Crippen LogP contribution in [0.2, 0.25) is 0 Å². The number of rotatable bonds is 4. The lowest BCUT2D eigenvalue weighted by atomic mass is 10.1. The molecule has 0 radical (unpaired) electrons. The van der Waals surface area contributed by atoms with E-state index in [2.05, 4.69) is 10.1 Å². The lowest BCUT2D eigenvalue weighted by molar-refractivity contribution is 0.371. The minimum Gasteiger partial charge on any atom is -0.399 e. The van der Waals surface area contributed by atoms with Gasteiger partial charge in [-0.2, -0.15) is 4.98 Å². The molecule has 0 fully saturated rings. The highest BCUT2D eigenvalue weighted by Gasteiger charge is 2.09. The molecule has 4 heteroatoms. The molecule has 0 atom stereocenters. The highest BCUT2D eigenvalue weighted by molar-refractivity contribution is 5.46. The van der Waals surface area contributed by atoms with Crippen molar-refractivity contribution in [3.05, 3.63) is 41.5 Å². The molecule has 0 bridgehead atoms. The van der Waals surface area contributed by atoms with Crippen LogP contribution < -0.4 is 5.73 Å². The lowest BCUT2D eigenvalue weighted by Crippen LogP contribution is -1.97. The van der Waals surface area contributed by atoms with Gasteiger partial charge in [0.15, 0.2) is 5.82 Å². The van der Waals surface area contributed by atoms with E-state index in [9.17, 15) is 0 Å². The summed E-state index contributed by atoms with van der Waals surface area (Å²) in [6, 6.07) is 7.85. The van der Waals surface area contributed by atoms with Gasteiger partial charge in [0.1, 0.15) is 0 Å². The van der Waals surface area contributed by atoms with Crippen molar-refractivity contribution in [2.24, 2.45) is 0 Å². The second-order valence-electron chi connectivity index (χ2n) is 4.40. The number of hydrogen-bond acceptors (Lipinski definition) is 4. The number of hydrogen-bond donors (Lipinski definition) is 1. The Kier molecular flexibility index (Phi) is 3.42. The van der Waals surface area contributed by atoms with Crippen molar-refractivity contribution >= 4 is 5.69 Å². The third-order valence-electron chi connectivity index (χ3n) is 2.66. The summed E-state index contributed by atoms with van der Waals surface area (Å²) in [5.41, 5.74) is 7.81. The molecule has 2 rings (SSSR count). The third-order valence-corrected chi connectivity index (χ3v) is 2.66. The topological polar surface area (TPSA) is 64.9 Å². The van der Waals surface area contributed by atoms with E-state index in [0.717, 1.165) is 29.9 Å². The monoisotopic (exact) mass is 231 g/mol. The Labute approximate surface area is 101 Å². The van der Waals surface area contributed by atoms with Crippen LogP contribution in [0.1, 0.15) is 37.0 Å². The lowest BCUT2D eigenvalue weighted by Gasteiger charge is -2.02. The van der Waals surface area contributed by atoms with E-state index in [1.165, 1.54) is 0 Å². The number of aryl methyl sites for hydroxylation is 2. The van der Waals surface area contributed by atoms with Gasteiger partial charge in [-0.15, -0.1) is 0 Å². The van der Waals surface area contributed by atoms with Crippen LogP contribution >= 0.6 is 0 Å². The van der Waals surface area contributed by atoms with Crippen LogP contribution in [0, 0.1) is 0 Å². The van der Waals surface area contributed by atoms with Crippen molar-refractivity contribution in [1.82, 2.24) is 10.1 Å². The maximum Gasteiger partial charge on any atom is 0.226 e. The molecular weight excluding hydrogens is 214 g/mol. The van der Waals surface area contributed by atoms with Crippen LogP contribution in [0.5, 0.6) is 0 Å². The summed E-state index contributed by atoms with van der Waals surface area (Å²) in [5, 5.41) is 3.93. The molecule has 17 heavy (non-hydrogen) atoms. The number of nitrogens with zero attached hydrogens (tertiary/aromatic N) is 2. The number of para-hydroxylation sites is 1. The predicted molar refractivity (Wildman–Crippen MR) is 66.6 cm³/mol. The van der Waals surface area contributed by atoms with Gasteiger partial charge >= 0.3 is 0 Å². The number of aromatic nitrogens is 2.